The topological polar surface area (TPSA) is 104 Å². The molecule has 1 N–H and O–H groups in total. The largest absolute Gasteiger partial charge is 0.465 e. The number of carbonyl (C=O) groups excluding carboxylic acids is 1. The number of rotatable bonds is 5. The van der Waals surface area contributed by atoms with E-state index in [0.717, 1.165) is 55.5 Å². The highest BCUT2D eigenvalue weighted by Gasteiger charge is 2.40. The standard InChI is InChI=1S/C32H36N6O3/c1-3-4-6-25-19-35(13-14-37(25)32(40)41)31(39)22-8-10-26-24(15-22)18-38-21(2)17-36(20-29(26)38)28-11-9-23(16-33)30-27(28)7-5-12-34-30/h5,7-12,15,21,25,29H,3-4,6,13-14,17-20H2,1-2H3,(H,40,41)/t21-,25?,29-/m1/s1. The predicted octanol–water partition coefficient (Wildman–Crippen LogP) is 4.87. The van der Waals surface area contributed by atoms with E-state index < -0.39 is 6.09 Å². The first-order valence-corrected chi connectivity index (χ1v) is 14.6. The second-order valence-electron chi connectivity index (χ2n) is 11.5. The quantitative estimate of drug-likeness (QED) is 0.482. The summed E-state index contributed by atoms with van der Waals surface area (Å²) in [6, 6.07) is 16.6. The second-order valence-corrected chi connectivity index (χ2v) is 11.5. The molecule has 212 valence electrons. The van der Waals surface area contributed by atoms with Crippen molar-refractivity contribution in [3.05, 3.63) is 70.9 Å². The average Bonchev–Trinajstić information content (AvgIpc) is 3.37. The summed E-state index contributed by atoms with van der Waals surface area (Å²) in [6.45, 7) is 8.03. The number of amides is 2. The van der Waals surface area contributed by atoms with Gasteiger partial charge in [0, 0.05) is 68.1 Å². The lowest BCUT2D eigenvalue weighted by Crippen LogP contribution is -2.56. The molecular weight excluding hydrogens is 516 g/mol. The number of nitrogens with zero attached hydrogens (tertiary/aromatic N) is 6. The molecule has 1 unspecified atom stereocenters. The van der Waals surface area contributed by atoms with Crippen LogP contribution in [0.1, 0.15) is 66.2 Å². The molecule has 6 rings (SSSR count). The molecule has 9 nitrogen and oxygen atoms in total. The first-order chi connectivity index (χ1) is 19.9. The summed E-state index contributed by atoms with van der Waals surface area (Å²) >= 11 is 0. The molecule has 2 fully saturated rings. The van der Waals surface area contributed by atoms with E-state index in [0.29, 0.717) is 36.8 Å². The Kier molecular flexibility index (Phi) is 7.26. The Labute approximate surface area is 240 Å². The fourth-order valence-electron chi connectivity index (χ4n) is 6.94. The summed E-state index contributed by atoms with van der Waals surface area (Å²) in [5.41, 5.74) is 5.53. The molecule has 0 bridgehead atoms. The van der Waals surface area contributed by atoms with Gasteiger partial charge in [0.25, 0.3) is 5.91 Å². The predicted molar refractivity (Wildman–Crippen MR) is 157 cm³/mol. The Hall–Kier alpha value is -4.16. The molecule has 9 heteroatoms. The first-order valence-electron chi connectivity index (χ1n) is 14.6. The molecule has 1 aromatic heterocycles. The minimum atomic E-state index is -0.902. The molecule has 0 radical (unpaired) electrons. The SMILES string of the molecule is CCCCC1CN(C(=O)c2ccc3c(c2)CN2[C@H](C)CN(c4ccc(C#N)c5ncccc45)C[C@H]32)CCN1C(=O)O. The highest BCUT2D eigenvalue weighted by molar-refractivity contribution is 5.96. The van der Waals surface area contributed by atoms with Crippen LogP contribution in [-0.4, -0.2) is 81.6 Å². The van der Waals surface area contributed by atoms with Gasteiger partial charge in [-0.05, 0) is 60.9 Å². The van der Waals surface area contributed by atoms with Gasteiger partial charge >= 0.3 is 6.09 Å². The number of anilines is 1. The van der Waals surface area contributed by atoms with Gasteiger partial charge in [0.1, 0.15) is 6.07 Å². The third kappa shape index (κ3) is 4.87. The number of hydrogen-bond donors (Lipinski definition) is 1. The van der Waals surface area contributed by atoms with Gasteiger partial charge in [0.05, 0.1) is 23.2 Å². The van der Waals surface area contributed by atoms with E-state index in [4.69, 9.17) is 0 Å². The molecule has 3 atom stereocenters. The number of nitriles is 1. The lowest BCUT2D eigenvalue weighted by atomic mass is 9.98. The van der Waals surface area contributed by atoms with Crippen LogP contribution in [-0.2, 0) is 6.54 Å². The van der Waals surface area contributed by atoms with Crippen molar-refractivity contribution in [3.8, 4) is 6.07 Å². The maximum absolute atomic E-state index is 13.6. The zero-order chi connectivity index (χ0) is 28.7. The molecule has 0 aliphatic carbocycles. The fourth-order valence-corrected chi connectivity index (χ4v) is 6.94. The van der Waals surface area contributed by atoms with Crippen molar-refractivity contribution >= 4 is 28.6 Å². The van der Waals surface area contributed by atoms with Gasteiger partial charge in [-0.3, -0.25) is 14.7 Å². The number of fused-ring (bicyclic) bond motifs is 4. The highest BCUT2D eigenvalue weighted by Crippen LogP contribution is 2.41. The lowest BCUT2D eigenvalue weighted by molar-refractivity contribution is 0.0456. The Morgan fingerprint density at radius 1 is 1.12 bits per heavy atom. The zero-order valence-corrected chi connectivity index (χ0v) is 23.7. The number of piperazine rings is 2. The Bertz CT molecular complexity index is 1530. The van der Waals surface area contributed by atoms with Crippen LogP contribution >= 0.6 is 0 Å². The normalized spacial score (nSPS) is 22.4. The van der Waals surface area contributed by atoms with Crippen molar-refractivity contribution in [1.29, 1.82) is 5.26 Å². The van der Waals surface area contributed by atoms with Crippen molar-refractivity contribution in [1.82, 2.24) is 19.7 Å². The lowest BCUT2D eigenvalue weighted by Gasteiger charge is -2.44. The summed E-state index contributed by atoms with van der Waals surface area (Å²) < 4.78 is 0. The molecule has 2 amide bonds. The Balaban J connectivity index is 1.23. The molecule has 3 aliphatic heterocycles. The summed E-state index contributed by atoms with van der Waals surface area (Å²) in [5, 5.41) is 20.2. The van der Waals surface area contributed by atoms with E-state index in [1.54, 1.807) is 6.20 Å². The number of hydrogen-bond acceptors (Lipinski definition) is 6. The van der Waals surface area contributed by atoms with Gasteiger partial charge in [-0.15, -0.1) is 0 Å². The van der Waals surface area contributed by atoms with Crippen molar-refractivity contribution in [2.24, 2.45) is 0 Å². The molecule has 4 heterocycles. The molecule has 2 saturated heterocycles. The molecular formula is C32H36N6O3. The van der Waals surface area contributed by atoms with Crippen LogP contribution in [0.2, 0.25) is 0 Å². The fraction of sp³-hybridized carbons (Fsp3) is 0.438. The highest BCUT2D eigenvalue weighted by atomic mass is 16.4. The van der Waals surface area contributed by atoms with Gasteiger partial charge in [0.2, 0.25) is 0 Å². The van der Waals surface area contributed by atoms with Crippen molar-refractivity contribution in [2.45, 2.75) is 57.8 Å². The molecule has 2 aromatic carbocycles. The van der Waals surface area contributed by atoms with E-state index in [2.05, 4.69) is 46.8 Å². The second kappa shape index (κ2) is 11.0. The van der Waals surface area contributed by atoms with Crippen LogP contribution in [0.25, 0.3) is 10.9 Å². The monoisotopic (exact) mass is 552 g/mol. The molecule has 0 saturated carbocycles. The molecule has 3 aliphatic rings. The number of carboxylic acid groups (broad SMARTS) is 1. The van der Waals surface area contributed by atoms with E-state index >= 15 is 0 Å². The van der Waals surface area contributed by atoms with Gasteiger partial charge < -0.3 is 19.8 Å². The van der Waals surface area contributed by atoms with Crippen LogP contribution in [0.3, 0.4) is 0 Å². The molecule has 41 heavy (non-hydrogen) atoms. The Morgan fingerprint density at radius 2 is 1.98 bits per heavy atom. The number of carbonyl (C=O) groups is 2. The van der Waals surface area contributed by atoms with E-state index in [-0.39, 0.29) is 18.0 Å². The summed E-state index contributed by atoms with van der Waals surface area (Å²) in [6.07, 6.45) is 3.54. The van der Waals surface area contributed by atoms with E-state index in [9.17, 15) is 20.0 Å². The van der Waals surface area contributed by atoms with Crippen LogP contribution in [0.15, 0.2) is 48.7 Å². The number of aromatic nitrogens is 1. The van der Waals surface area contributed by atoms with Crippen molar-refractivity contribution < 1.29 is 14.7 Å². The van der Waals surface area contributed by atoms with Gasteiger partial charge in [-0.2, -0.15) is 5.26 Å². The molecule has 0 spiro atoms. The van der Waals surface area contributed by atoms with E-state index in [1.807, 2.05) is 35.2 Å². The van der Waals surface area contributed by atoms with Crippen LogP contribution < -0.4 is 4.90 Å². The number of pyridine rings is 1. The third-order valence-electron chi connectivity index (χ3n) is 9.06. The summed E-state index contributed by atoms with van der Waals surface area (Å²) in [5.74, 6) is -0.0181. The number of benzene rings is 2. The average molecular weight is 553 g/mol. The zero-order valence-electron chi connectivity index (χ0n) is 23.7. The Morgan fingerprint density at radius 3 is 2.76 bits per heavy atom. The maximum atomic E-state index is 13.6. The first kappa shape index (κ1) is 27.0. The van der Waals surface area contributed by atoms with Crippen molar-refractivity contribution in [2.75, 3.05) is 37.6 Å². The molecule has 3 aromatic rings. The van der Waals surface area contributed by atoms with Gasteiger partial charge in [-0.25, -0.2) is 4.79 Å². The van der Waals surface area contributed by atoms with E-state index in [1.165, 1.54) is 16.0 Å². The minimum absolute atomic E-state index is 0.0181. The van der Waals surface area contributed by atoms with Crippen LogP contribution in [0.4, 0.5) is 10.5 Å². The number of unbranched alkanes of at least 4 members (excludes halogenated alkanes) is 1. The third-order valence-corrected chi connectivity index (χ3v) is 9.06. The van der Waals surface area contributed by atoms with Gasteiger partial charge in [0.15, 0.2) is 0 Å². The van der Waals surface area contributed by atoms with Gasteiger partial charge in [-0.1, -0.05) is 25.8 Å². The van der Waals surface area contributed by atoms with Crippen LogP contribution in [0, 0.1) is 11.3 Å². The maximum Gasteiger partial charge on any atom is 0.407 e. The minimum Gasteiger partial charge on any atom is -0.465 e. The summed E-state index contributed by atoms with van der Waals surface area (Å²) in [4.78, 5) is 38.1. The summed E-state index contributed by atoms with van der Waals surface area (Å²) in [7, 11) is 0. The van der Waals surface area contributed by atoms with Crippen molar-refractivity contribution in [3.63, 3.8) is 0 Å². The van der Waals surface area contributed by atoms with Crippen LogP contribution in [0.5, 0.6) is 0 Å². The smallest absolute Gasteiger partial charge is 0.407 e.